The van der Waals surface area contributed by atoms with Gasteiger partial charge in [0, 0.05) is 0 Å². The van der Waals surface area contributed by atoms with E-state index in [0.717, 1.165) is 6.42 Å². The van der Waals surface area contributed by atoms with Crippen molar-refractivity contribution in [3.63, 3.8) is 0 Å². The molecule has 0 aromatic heterocycles. The lowest BCUT2D eigenvalue weighted by molar-refractivity contribution is 0.125. The first-order chi connectivity index (χ1) is 7.34. The quantitative estimate of drug-likeness (QED) is 0.538. The second-order valence-corrected chi connectivity index (χ2v) is 4.57. The lowest BCUT2D eigenvalue weighted by Gasteiger charge is -2.23. The Morgan fingerprint density at radius 3 is 2.73 bits per heavy atom. The van der Waals surface area contributed by atoms with Crippen LogP contribution >= 0.6 is 0 Å². The Balaban J connectivity index is 2.26. The fourth-order valence-electron chi connectivity index (χ4n) is 2.17. The van der Waals surface area contributed by atoms with E-state index in [0.29, 0.717) is 5.92 Å². The second kappa shape index (κ2) is 7.73. The summed E-state index contributed by atoms with van der Waals surface area (Å²) in [5.41, 5.74) is 3.12. The van der Waals surface area contributed by atoms with Crippen LogP contribution < -0.4 is 0 Å². The highest BCUT2D eigenvalue weighted by Crippen LogP contribution is 2.26. The molecule has 1 rings (SSSR count). The third-order valence-electron chi connectivity index (χ3n) is 3.22. The molecular weight excluding hydrogens is 184 g/mol. The molecule has 1 heteroatoms. The maximum absolute atomic E-state index is 9.89. The predicted molar refractivity (Wildman–Crippen MR) is 64.8 cm³/mol. The van der Waals surface area contributed by atoms with Gasteiger partial charge in [0.2, 0.25) is 0 Å². The zero-order valence-corrected chi connectivity index (χ0v) is 9.91. The third kappa shape index (κ3) is 5.20. The molecule has 0 radical (unpaired) electrons. The van der Waals surface area contributed by atoms with Gasteiger partial charge in [0.1, 0.15) is 0 Å². The van der Waals surface area contributed by atoms with E-state index in [9.17, 15) is 5.11 Å². The van der Waals surface area contributed by atoms with E-state index in [1.165, 1.54) is 44.9 Å². The first-order valence-electron chi connectivity index (χ1n) is 6.43. The van der Waals surface area contributed by atoms with Gasteiger partial charge < -0.3 is 5.11 Å². The normalized spacial score (nSPS) is 19.3. The average Bonchev–Trinajstić information content (AvgIpc) is 2.30. The molecule has 1 fully saturated rings. The summed E-state index contributed by atoms with van der Waals surface area (Å²) in [7, 11) is 0. The first-order valence-corrected chi connectivity index (χ1v) is 6.43. The SMILES string of the molecule is CCCCC=C=CC(O)C1CCCCC1. The maximum atomic E-state index is 9.89. The number of hydrogen-bond donors (Lipinski definition) is 1. The van der Waals surface area contributed by atoms with E-state index in [4.69, 9.17) is 0 Å². The van der Waals surface area contributed by atoms with Crippen LogP contribution in [0.5, 0.6) is 0 Å². The monoisotopic (exact) mass is 208 g/mol. The Labute approximate surface area is 93.9 Å². The predicted octanol–water partition coefficient (Wildman–Crippen LogP) is 3.83. The molecule has 15 heavy (non-hydrogen) atoms. The molecule has 1 N–H and O–H groups in total. The molecule has 0 aromatic carbocycles. The van der Waals surface area contributed by atoms with Crippen molar-refractivity contribution in [1.82, 2.24) is 0 Å². The summed E-state index contributed by atoms with van der Waals surface area (Å²) in [6.45, 7) is 2.19. The largest absolute Gasteiger partial charge is 0.388 e. The van der Waals surface area contributed by atoms with E-state index >= 15 is 0 Å². The number of unbranched alkanes of at least 4 members (excludes halogenated alkanes) is 2. The minimum Gasteiger partial charge on any atom is -0.388 e. The van der Waals surface area contributed by atoms with E-state index in [2.05, 4.69) is 18.7 Å². The highest BCUT2D eigenvalue weighted by atomic mass is 16.3. The summed E-state index contributed by atoms with van der Waals surface area (Å²) in [4.78, 5) is 0. The first kappa shape index (κ1) is 12.5. The van der Waals surface area contributed by atoms with Crippen molar-refractivity contribution < 1.29 is 5.11 Å². The van der Waals surface area contributed by atoms with Gasteiger partial charge in [-0.2, -0.15) is 0 Å². The van der Waals surface area contributed by atoms with Crippen molar-refractivity contribution >= 4 is 0 Å². The highest BCUT2D eigenvalue weighted by molar-refractivity contribution is 4.93. The van der Waals surface area contributed by atoms with E-state index in [1.807, 2.05) is 6.08 Å². The molecule has 0 amide bonds. The molecule has 1 nitrogen and oxygen atoms in total. The summed E-state index contributed by atoms with van der Waals surface area (Å²) in [5, 5.41) is 9.89. The second-order valence-electron chi connectivity index (χ2n) is 4.57. The minimum absolute atomic E-state index is 0.261. The lowest BCUT2D eigenvalue weighted by atomic mass is 9.85. The van der Waals surface area contributed by atoms with Crippen molar-refractivity contribution in [3.05, 3.63) is 17.9 Å². The summed E-state index contributed by atoms with van der Waals surface area (Å²) < 4.78 is 0. The van der Waals surface area contributed by atoms with Gasteiger partial charge in [-0.05, 0) is 43.8 Å². The van der Waals surface area contributed by atoms with Crippen molar-refractivity contribution in [2.24, 2.45) is 5.92 Å². The Morgan fingerprint density at radius 2 is 2.07 bits per heavy atom. The topological polar surface area (TPSA) is 20.2 Å². The lowest BCUT2D eigenvalue weighted by Crippen LogP contribution is -2.20. The maximum Gasteiger partial charge on any atom is 0.0822 e. The van der Waals surface area contributed by atoms with Gasteiger partial charge >= 0.3 is 0 Å². The van der Waals surface area contributed by atoms with Gasteiger partial charge in [0.15, 0.2) is 0 Å². The number of rotatable bonds is 5. The van der Waals surface area contributed by atoms with Crippen molar-refractivity contribution in [1.29, 1.82) is 0 Å². The molecule has 86 valence electrons. The molecule has 1 aliphatic rings. The van der Waals surface area contributed by atoms with Crippen LogP contribution in [-0.4, -0.2) is 11.2 Å². The smallest absolute Gasteiger partial charge is 0.0822 e. The van der Waals surface area contributed by atoms with Crippen LogP contribution in [0.2, 0.25) is 0 Å². The van der Waals surface area contributed by atoms with Crippen LogP contribution in [0.1, 0.15) is 58.3 Å². The van der Waals surface area contributed by atoms with Crippen LogP contribution in [0.3, 0.4) is 0 Å². The summed E-state index contributed by atoms with van der Waals surface area (Å²) in [5.74, 6) is 0.492. The number of aliphatic hydroxyl groups is 1. The molecule has 1 unspecified atom stereocenters. The average molecular weight is 208 g/mol. The summed E-state index contributed by atoms with van der Waals surface area (Å²) in [6, 6.07) is 0. The van der Waals surface area contributed by atoms with Crippen molar-refractivity contribution in [3.8, 4) is 0 Å². The van der Waals surface area contributed by atoms with Gasteiger partial charge in [-0.25, -0.2) is 0 Å². The van der Waals surface area contributed by atoms with E-state index < -0.39 is 0 Å². The molecule has 0 heterocycles. The molecule has 0 aliphatic heterocycles. The Bertz CT molecular complexity index is 207. The summed E-state index contributed by atoms with van der Waals surface area (Å²) >= 11 is 0. The standard InChI is InChI=1S/C14H24O/c1-2-3-4-5-9-12-14(15)13-10-7-6-8-11-13/h5,12-15H,2-4,6-8,10-11H2,1H3. The van der Waals surface area contributed by atoms with E-state index in [-0.39, 0.29) is 6.10 Å². The zero-order chi connectivity index (χ0) is 10.9. The molecule has 0 bridgehead atoms. The van der Waals surface area contributed by atoms with Gasteiger partial charge in [-0.1, -0.05) is 32.6 Å². The van der Waals surface area contributed by atoms with Gasteiger partial charge in [0.25, 0.3) is 0 Å². The van der Waals surface area contributed by atoms with Crippen molar-refractivity contribution in [2.75, 3.05) is 0 Å². The zero-order valence-electron chi connectivity index (χ0n) is 9.91. The van der Waals surface area contributed by atoms with Gasteiger partial charge in [-0.3, -0.25) is 0 Å². The molecule has 0 spiro atoms. The molecule has 1 aliphatic carbocycles. The molecule has 0 saturated heterocycles. The molecule has 1 saturated carbocycles. The van der Waals surface area contributed by atoms with Crippen LogP contribution in [-0.2, 0) is 0 Å². The van der Waals surface area contributed by atoms with Gasteiger partial charge in [-0.15, -0.1) is 5.73 Å². The molecule has 0 aromatic rings. The fourth-order valence-corrected chi connectivity index (χ4v) is 2.17. The van der Waals surface area contributed by atoms with E-state index in [1.54, 1.807) is 0 Å². The Morgan fingerprint density at radius 1 is 1.33 bits per heavy atom. The summed E-state index contributed by atoms with van der Waals surface area (Å²) in [6.07, 6.45) is 13.5. The number of hydrogen-bond acceptors (Lipinski definition) is 1. The Hall–Kier alpha value is -0.520. The highest BCUT2D eigenvalue weighted by Gasteiger charge is 2.19. The number of aliphatic hydroxyl groups excluding tert-OH is 1. The van der Waals surface area contributed by atoms with Crippen LogP contribution in [0.4, 0.5) is 0 Å². The van der Waals surface area contributed by atoms with Crippen LogP contribution in [0.15, 0.2) is 17.9 Å². The van der Waals surface area contributed by atoms with Crippen LogP contribution in [0, 0.1) is 5.92 Å². The fraction of sp³-hybridized carbons (Fsp3) is 0.786. The van der Waals surface area contributed by atoms with Gasteiger partial charge in [0.05, 0.1) is 6.10 Å². The molecular formula is C14H24O. The van der Waals surface area contributed by atoms with Crippen LogP contribution in [0.25, 0.3) is 0 Å². The van der Waals surface area contributed by atoms with Crippen molar-refractivity contribution in [2.45, 2.75) is 64.4 Å². The minimum atomic E-state index is -0.261. The molecule has 1 atom stereocenters. The third-order valence-corrected chi connectivity index (χ3v) is 3.22. The Kier molecular flexibility index (Phi) is 6.47.